The van der Waals surface area contributed by atoms with E-state index < -0.39 is 97.5 Å². The van der Waals surface area contributed by atoms with Crippen LogP contribution < -0.4 is 0 Å². The lowest BCUT2D eigenvalue weighted by atomic mass is 10.0. The van der Waals surface area contributed by atoms with Gasteiger partial charge in [-0.3, -0.25) is 37.3 Å². The van der Waals surface area contributed by atoms with Crippen LogP contribution in [0.15, 0.2) is 0 Å². The van der Waals surface area contributed by atoms with Crippen molar-refractivity contribution in [1.82, 2.24) is 0 Å². The van der Waals surface area contributed by atoms with Gasteiger partial charge in [0.2, 0.25) is 0 Å². The maximum absolute atomic E-state index is 13.1. The minimum atomic E-state index is -4.96. The molecule has 0 saturated carbocycles. The Morgan fingerprint density at radius 1 is 0.265 bits per heavy atom. The molecule has 17 nitrogen and oxygen atoms in total. The summed E-state index contributed by atoms with van der Waals surface area (Å²) in [6.45, 7) is 9.69. The minimum absolute atomic E-state index is 0.108. The zero-order chi connectivity index (χ0) is 74.9. The fourth-order valence-electron chi connectivity index (χ4n) is 12.9. The topological polar surface area (TPSA) is 237 Å². The normalized spacial score (nSPS) is 13.9. The van der Waals surface area contributed by atoms with Crippen LogP contribution >= 0.6 is 15.6 Å². The second-order valence-electron chi connectivity index (χ2n) is 30.8. The summed E-state index contributed by atoms with van der Waals surface area (Å²) in [5, 5.41) is 10.7. The Hall–Kier alpha value is -1.94. The smallest absolute Gasteiger partial charge is 0.462 e. The van der Waals surface area contributed by atoms with Gasteiger partial charge in [0.1, 0.15) is 19.3 Å². The van der Waals surface area contributed by atoms with E-state index in [0.29, 0.717) is 25.7 Å². The van der Waals surface area contributed by atoms with Crippen molar-refractivity contribution in [3.05, 3.63) is 0 Å². The molecule has 0 aromatic heterocycles. The molecule has 5 atom stereocenters. The molecule has 0 bridgehead atoms. The molecule has 0 saturated heterocycles. The van der Waals surface area contributed by atoms with E-state index in [-0.39, 0.29) is 25.7 Å². The average molecular weight is 1490 g/mol. The molecule has 0 fully saturated rings. The molecule has 0 radical (unpaired) electrons. The average Bonchev–Trinajstić information content (AvgIpc) is 0.937. The highest BCUT2D eigenvalue weighted by Crippen LogP contribution is 2.45. The first-order valence-electron chi connectivity index (χ1n) is 43.0. The van der Waals surface area contributed by atoms with Gasteiger partial charge in [-0.15, -0.1) is 0 Å². The number of hydrogen-bond acceptors (Lipinski definition) is 15. The lowest BCUT2D eigenvalue weighted by Gasteiger charge is -2.21. The van der Waals surface area contributed by atoms with Gasteiger partial charge in [-0.2, -0.15) is 0 Å². The van der Waals surface area contributed by atoms with Gasteiger partial charge in [-0.05, 0) is 37.5 Å². The summed E-state index contributed by atoms with van der Waals surface area (Å²) < 4.78 is 68.8. The SMILES string of the molecule is CCCCCCCCCCCCCCCCCCCC(=O)OC[C@H](COP(=O)(O)OC[C@@H](O)COP(=O)(O)OC[C@@H](COC(=O)CCCCCCCCCCCCCCC)OC(=O)CCCCCCCCCCCCCCC(C)C)OC(=O)CCCCCCCCCCCCCCCCC(C)C. The van der Waals surface area contributed by atoms with Crippen LogP contribution in [0, 0.1) is 11.8 Å². The number of carbonyl (C=O) groups is 4. The van der Waals surface area contributed by atoms with E-state index in [1.54, 1.807) is 0 Å². The molecule has 0 aliphatic carbocycles. The van der Waals surface area contributed by atoms with Crippen LogP contribution in [0.4, 0.5) is 0 Å². The molecule has 0 aromatic rings. The van der Waals surface area contributed by atoms with Gasteiger partial charge in [-0.25, -0.2) is 9.13 Å². The molecule has 3 N–H and O–H groups in total. The summed E-state index contributed by atoms with van der Waals surface area (Å²) >= 11 is 0. The van der Waals surface area contributed by atoms with E-state index in [0.717, 1.165) is 102 Å². The molecule has 0 amide bonds. The third kappa shape index (κ3) is 76.3. The number of unbranched alkanes of at least 4 members (excludes halogenated alkanes) is 52. The number of phosphoric ester groups is 2. The zero-order valence-electron chi connectivity index (χ0n) is 66.9. The Morgan fingerprint density at radius 2 is 0.451 bits per heavy atom. The summed E-state index contributed by atoms with van der Waals surface area (Å²) in [6, 6.07) is 0. The lowest BCUT2D eigenvalue weighted by molar-refractivity contribution is -0.161. The second kappa shape index (κ2) is 74.5. The van der Waals surface area contributed by atoms with E-state index >= 15 is 0 Å². The van der Waals surface area contributed by atoms with Crippen LogP contribution in [0.1, 0.15) is 440 Å². The molecule has 0 aliphatic rings. The predicted molar refractivity (Wildman–Crippen MR) is 418 cm³/mol. The van der Waals surface area contributed by atoms with Crippen molar-refractivity contribution in [2.24, 2.45) is 11.8 Å². The maximum Gasteiger partial charge on any atom is 0.472 e. The highest BCUT2D eigenvalue weighted by molar-refractivity contribution is 7.47. The van der Waals surface area contributed by atoms with Crippen molar-refractivity contribution < 1.29 is 80.2 Å². The van der Waals surface area contributed by atoms with E-state index in [9.17, 15) is 43.2 Å². The number of rotatable bonds is 82. The Kier molecular flexibility index (Phi) is 73.1. The number of carbonyl (C=O) groups excluding carboxylic acids is 4. The second-order valence-corrected chi connectivity index (χ2v) is 33.7. The molecule has 0 aromatic carbocycles. The Morgan fingerprint density at radius 3 is 0.667 bits per heavy atom. The first-order chi connectivity index (χ1) is 49.4. The molecule has 606 valence electrons. The molecule has 2 unspecified atom stereocenters. The van der Waals surface area contributed by atoms with Crippen LogP contribution in [0.3, 0.4) is 0 Å². The van der Waals surface area contributed by atoms with E-state index in [1.165, 1.54) is 257 Å². The largest absolute Gasteiger partial charge is 0.472 e. The summed E-state index contributed by atoms with van der Waals surface area (Å²) in [6.07, 6.45) is 65.0. The van der Waals surface area contributed by atoms with Gasteiger partial charge < -0.3 is 33.8 Å². The number of hydrogen-bond donors (Lipinski definition) is 3. The summed E-state index contributed by atoms with van der Waals surface area (Å²) in [7, 11) is -9.92. The summed E-state index contributed by atoms with van der Waals surface area (Å²) in [5.74, 6) is -0.531. The standard InChI is InChI=1S/C83H162O17P2/c1-7-9-11-13-15-17-19-21-22-23-24-29-36-42-48-54-60-66-81(86)94-72-78(99-82(87)67-61-55-49-43-37-30-26-25-28-33-39-45-51-57-63-75(3)4)73-97-101(89,90)95-69-77(84)70-96-102(91,92)98-74-79(71-93-80(85)65-59-53-47-41-35-27-20-18-16-14-12-10-8-2)100-83(88)68-62-56-50-44-38-32-31-34-40-46-52-58-64-76(5)6/h75-79,84H,7-74H2,1-6H3,(H,89,90)(H,91,92)/t77-,78-,79-/m1/s1. The van der Waals surface area contributed by atoms with Gasteiger partial charge in [0.05, 0.1) is 26.4 Å². The predicted octanol–water partition coefficient (Wildman–Crippen LogP) is 25.1. The van der Waals surface area contributed by atoms with Crippen LogP contribution in [0.25, 0.3) is 0 Å². The highest BCUT2D eigenvalue weighted by atomic mass is 31.2. The fourth-order valence-corrected chi connectivity index (χ4v) is 14.5. The monoisotopic (exact) mass is 1490 g/mol. The number of aliphatic hydroxyl groups is 1. The first-order valence-corrected chi connectivity index (χ1v) is 46.0. The summed E-state index contributed by atoms with van der Waals surface area (Å²) in [5.41, 5.74) is 0. The third-order valence-corrected chi connectivity index (χ3v) is 21.4. The summed E-state index contributed by atoms with van der Waals surface area (Å²) in [4.78, 5) is 73.2. The lowest BCUT2D eigenvalue weighted by Crippen LogP contribution is -2.30. The molecule has 0 aliphatic heterocycles. The molecule has 0 rings (SSSR count). The van der Waals surface area contributed by atoms with Crippen molar-refractivity contribution in [1.29, 1.82) is 0 Å². The number of aliphatic hydroxyl groups excluding tert-OH is 1. The Bertz CT molecular complexity index is 1960. The number of esters is 4. The van der Waals surface area contributed by atoms with Crippen LogP contribution in [0.5, 0.6) is 0 Å². The number of ether oxygens (including phenoxy) is 4. The van der Waals surface area contributed by atoms with E-state index in [1.807, 2.05) is 0 Å². The highest BCUT2D eigenvalue weighted by Gasteiger charge is 2.30. The van der Waals surface area contributed by atoms with E-state index in [4.69, 9.17) is 37.0 Å². The first kappa shape index (κ1) is 100. The molecule has 0 spiro atoms. The quantitative estimate of drug-likeness (QED) is 0.0222. The molecule has 0 heterocycles. The van der Waals surface area contributed by atoms with Gasteiger partial charge in [0.25, 0.3) is 0 Å². The van der Waals surface area contributed by atoms with Crippen molar-refractivity contribution in [2.45, 2.75) is 458 Å². The molecule has 19 heteroatoms. The molecular weight excluding hydrogens is 1330 g/mol. The van der Waals surface area contributed by atoms with E-state index in [2.05, 4.69) is 41.5 Å². The molecular formula is C83H162O17P2. The maximum atomic E-state index is 13.1. The van der Waals surface area contributed by atoms with Crippen molar-refractivity contribution >= 4 is 39.5 Å². The van der Waals surface area contributed by atoms with Crippen LogP contribution in [-0.2, 0) is 65.4 Å². The Balaban J connectivity index is 5.27. The van der Waals surface area contributed by atoms with Gasteiger partial charge in [-0.1, -0.05) is 388 Å². The van der Waals surface area contributed by atoms with Gasteiger partial charge in [0, 0.05) is 25.7 Å². The van der Waals surface area contributed by atoms with Crippen LogP contribution in [0.2, 0.25) is 0 Å². The van der Waals surface area contributed by atoms with Gasteiger partial charge in [0.15, 0.2) is 12.2 Å². The van der Waals surface area contributed by atoms with Crippen molar-refractivity contribution in [2.75, 3.05) is 39.6 Å². The Labute approximate surface area is 626 Å². The fraction of sp³-hybridized carbons (Fsp3) is 0.952. The zero-order valence-corrected chi connectivity index (χ0v) is 68.7. The van der Waals surface area contributed by atoms with Crippen LogP contribution in [-0.4, -0.2) is 96.7 Å². The molecule has 102 heavy (non-hydrogen) atoms. The van der Waals surface area contributed by atoms with Crippen molar-refractivity contribution in [3.63, 3.8) is 0 Å². The number of phosphoric acid groups is 2. The van der Waals surface area contributed by atoms with Crippen molar-refractivity contribution in [3.8, 4) is 0 Å². The minimum Gasteiger partial charge on any atom is -0.462 e. The third-order valence-electron chi connectivity index (χ3n) is 19.5. The van der Waals surface area contributed by atoms with Gasteiger partial charge >= 0.3 is 39.5 Å².